The van der Waals surface area contributed by atoms with Gasteiger partial charge in [-0.1, -0.05) is 60.7 Å². The van der Waals surface area contributed by atoms with Gasteiger partial charge in [0.2, 0.25) is 0 Å². The molecular weight excluding hydrogens is 319 g/mol. The highest BCUT2D eigenvalue weighted by Crippen LogP contribution is 2.69. The van der Waals surface area contributed by atoms with E-state index >= 15 is 0 Å². The summed E-state index contributed by atoms with van der Waals surface area (Å²) in [4.78, 5) is 0. The molecule has 25 heavy (non-hydrogen) atoms. The molecule has 1 aliphatic carbocycles. The van der Waals surface area contributed by atoms with Gasteiger partial charge >= 0.3 is 0 Å². The summed E-state index contributed by atoms with van der Waals surface area (Å²) in [6, 6.07) is 31.7. The Hall–Kier alpha value is -2.17. The molecule has 0 radical (unpaired) electrons. The molecule has 0 aromatic heterocycles. The Morgan fingerprint density at radius 3 is 1.96 bits per heavy atom. The molecule has 0 spiro atoms. The van der Waals surface area contributed by atoms with Crippen molar-refractivity contribution in [2.45, 2.75) is 18.5 Å². The SMILES string of the molecule is C1=C2c3ccccc3CCC2[P+](c2ccccc2)(c2ccccc2)C1. The van der Waals surface area contributed by atoms with Gasteiger partial charge in [0.1, 0.15) is 16.3 Å². The van der Waals surface area contributed by atoms with Crippen molar-refractivity contribution in [3.05, 3.63) is 102 Å². The summed E-state index contributed by atoms with van der Waals surface area (Å²) in [5.74, 6) is 0. The molecule has 3 aromatic rings. The lowest BCUT2D eigenvalue weighted by molar-refractivity contribution is 0.831. The van der Waals surface area contributed by atoms with E-state index in [1.807, 2.05) is 0 Å². The predicted molar refractivity (Wildman–Crippen MR) is 110 cm³/mol. The van der Waals surface area contributed by atoms with Crippen molar-refractivity contribution in [1.82, 2.24) is 0 Å². The van der Waals surface area contributed by atoms with Gasteiger partial charge in [0.05, 0.1) is 13.4 Å². The third-order valence-corrected chi connectivity index (χ3v) is 10.7. The largest absolute Gasteiger partial charge is 0.105 e. The average Bonchev–Trinajstić information content (AvgIpc) is 3.10. The van der Waals surface area contributed by atoms with Crippen molar-refractivity contribution in [3.8, 4) is 0 Å². The normalized spacial score (nSPS) is 20.5. The fourth-order valence-electron chi connectivity index (χ4n) is 4.83. The van der Waals surface area contributed by atoms with E-state index in [-0.39, 0.29) is 0 Å². The van der Waals surface area contributed by atoms with Crippen LogP contribution in [0.2, 0.25) is 0 Å². The maximum atomic E-state index is 2.57. The smallest absolute Gasteiger partial charge is 0.0620 e. The van der Waals surface area contributed by atoms with E-state index in [2.05, 4.69) is 91.0 Å². The molecule has 0 fully saturated rings. The lowest BCUT2D eigenvalue weighted by Crippen LogP contribution is -2.32. The van der Waals surface area contributed by atoms with Crippen LogP contribution in [-0.4, -0.2) is 11.8 Å². The molecule has 0 saturated heterocycles. The van der Waals surface area contributed by atoms with Crippen LogP contribution in [0.4, 0.5) is 0 Å². The third-order valence-electron chi connectivity index (χ3n) is 5.94. The van der Waals surface area contributed by atoms with E-state index in [4.69, 9.17) is 0 Å². The van der Waals surface area contributed by atoms with Gasteiger partial charge in [0.15, 0.2) is 0 Å². The highest BCUT2D eigenvalue weighted by Gasteiger charge is 2.55. The predicted octanol–water partition coefficient (Wildman–Crippen LogP) is 5.07. The quantitative estimate of drug-likeness (QED) is 0.571. The van der Waals surface area contributed by atoms with Crippen molar-refractivity contribution >= 4 is 23.4 Å². The van der Waals surface area contributed by atoms with E-state index in [0.29, 0.717) is 5.66 Å². The summed E-state index contributed by atoms with van der Waals surface area (Å²) < 4.78 is 0. The molecule has 2 aliphatic rings. The van der Waals surface area contributed by atoms with Crippen LogP contribution in [0.25, 0.3) is 5.57 Å². The molecule has 3 aromatic carbocycles. The number of rotatable bonds is 2. The molecule has 5 rings (SSSR count). The van der Waals surface area contributed by atoms with E-state index in [0.717, 1.165) is 0 Å². The molecular formula is C24H22P+. The van der Waals surface area contributed by atoms with Crippen molar-refractivity contribution in [1.29, 1.82) is 0 Å². The average molecular weight is 341 g/mol. The second kappa shape index (κ2) is 5.97. The number of fused-ring (bicyclic) bond motifs is 3. The Labute approximate surface area is 150 Å². The van der Waals surface area contributed by atoms with E-state index in [9.17, 15) is 0 Å². The molecule has 0 nitrogen and oxygen atoms in total. The summed E-state index contributed by atoms with van der Waals surface area (Å²) in [7, 11) is -1.43. The van der Waals surface area contributed by atoms with Gasteiger partial charge in [0, 0.05) is 0 Å². The second-order valence-corrected chi connectivity index (χ2v) is 10.9. The lowest BCUT2D eigenvalue weighted by atomic mass is 9.87. The molecule has 0 saturated carbocycles. The van der Waals surface area contributed by atoms with Crippen LogP contribution in [0.15, 0.2) is 91.0 Å². The maximum Gasteiger partial charge on any atom is 0.105 e. The van der Waals surface area contributed by atoms with E-state index in [1.54, 1.807) is 16.2 Å². The Bertz CT molecular complexity index is 885. The zero-order chi connectivity index (χ0) is 16.7. The topological polar surface area (TPSA) is 0 Å². The maximum absolute atomic E-state index is 2.57. The molecule has 1 heterocycles. The zero-order valence-corrected chi connectivity index (χ0v) is 15.2. The summed E-state index contributed by atoms with van der Waals surface area (Å²) in [5, 5.41) is 3.13. The summed E-state index contributed by atoms with van der Waals surface area (Å²) in [6.45, 7) is 0. The number of aryl methyl sites for hydroxylation is 1. The number of benzene rings is 3. The number of hydrogen-bond acceptors (Lipinski definition) is 0. The van der Waals surface area contributed by atoms with Crippen molar-refractivity contribution in [2.75, 3.05) is 6.16 Å². The van der Waals surface area contributed by atoms with Crippen LogP contribution in [0.5, 0.6) is 0 Å². The third kappa shape index (κ3) is 2.25. The minimum atomic E-state index is -1.43. The standard InChI is InChI=1S/C24H22P/c1-3-10-20(11-4-1)25(21-12-5-2-6-13-21)18-17-23-22-14-8-7-9-19(22)15-16-24(23)25/h1-14,17,24H,15-16,18H2/q+1. The lowest BCUT2D eigenvalue weighted by Gasteiger charge is -2.34. The number of allylic oxidation sites excluding steroid dienone is 2. The van der Waals surface area contributed by atoms with Crippen LogP contribution < -0.4 is 10.6 Å². The van der Waals surface area contributed by atoms with Crippen LogP contribution in [-0.2, 0) is 6.42 Å². The fourth-order valence-corrected chi connectivity index (χ4v) is 9.70. The van der Waals surface area contributed by atoms with Crippen molar-refractivity contribution < 1.29 is 0 Å². The van der Waals surface area contributed by atoms with Gasteiger partial charge in [-0.15, -0.1) is 0 Å². The Kier molecular flexibility index (Phi) is 3.61. The first-order valence-electron chi connectivity index (χ1n) is 9.17. The zero-order valence-electron chi connectivity index (χ0n) is 14.3. The van der Waals surface area contributed by atoms with Crippen molar-refractivity contribution in [2.24, 2.45) is 0 Å². The minimum absolute atomic E-state index is 0.673. The highest BCUT2D eigenvalue weighted by atomic mass is 31.2. The Morgan fingerprint density at radius 2 is 1.28 bits per heavy atom. The highest BCUT2D eigenvalue weighted by molar-refractivity contribution is 7.91. The van der Waals surface area contributed by atoms with Gasteiger partial charge in [-0.3, -0.25) is 0 Å². The number of hydrogen-bond donors (Lipinski definition) is 0. The first kappa shape index (κ1) is 15.1. The second-order valence-electron chi connectivity index (χ2n) is 7.09. The molecule has 1 atom stereocenters. The molecule has 1 unspecified atom stereocenters. The fraction of sp³-hybridized carbons (Fsp3) is 0.167. The van der Waals surface area contributed by atoms with Crippen molar-refractivity contribution in [3.63, 3.8) is 0 Å². The van der Waals surface area contributed by atoms with Crippen LogP contribution in [0.3, 0.4) is 0 Å². The van der Waals surface area contributed by atoms with Crippen LogP contribution in [0, 0.1) is 0 Å². The molecule has 1 heteroatoms. The molecule has 0 amide bonds. The van der Waals surface area contributed by atoms with E-state index < -0.39 is 7.26 Å². The van der Waals surface area contributed by atoms with Crippen LogP contribution in [0.1, 0.15) is 17.5 Å². The van der Waals surface area contributed by atoms with Gasteiger partial charge in [-0.05, 0) is 59.9 Å². The monoisotopic (exact) mass is 341 g/mol. The molecule has 0 bridgehead atoms. The summed E-state index contributed by atoms with van der Waals surface area (Å²) >= 11 is 0. The Balaban J connectivity index is 1.71. The Morgan fingerprint density at radius 1 is 0.680 bits per heavy atom. The first-order valence-corrected chi connectivity index (χ1v) is 11.2. The van der Waals surface area contributed by atoms with Gasteiger partial charge in [-0.25, -0.2) is 0 Å². The van der Waals surface area contributed by atoms with E-state index in [1.165, 1.54) is 30.1 Å². The van der Waals surface area contributed by atoms with Gasteiger partial charge in [0.25, 0.3) is 0 Å². The van der Waals surface area contributed by atoms with Gasteiger partial charge < -0.3 is 0 Å². The first-order chi connectivity index (χ1) is 12.4. The minimum Gasteiger partial charge on any atom is -0.0620 e. The summed E-state index contributed by atoms with van der Waals surface area (Å²) in [5.41, 5.74) is 5.33. The molecule has 122 valence electrons. The van der Waals surface area contributed by atoms with Gasteiger partial charge in [-0.2, -0.15) is 0 Å². The molecule has 1 aliphatic heterocycles. The van der Waals surface area contributed by atoms with Crippen LogP contribution >= 0.6 is 7.26 Å². The molecule has 0 N–H and O–H groups in total. The summed E-state index contributed by atoms with van der Waals surface area (Å²) in [6.07, 6.45) is 6.26.